The van der Waals surface area contributed by atoms with E-state index in [1.165, 1.54) is 0 Å². The Labute approximate surface area is 102 Å². The molecule has 0 bridgehead atoms. The fraction of sp³-hybridized carbons (Fsp3) is 0.700. The van der Waals surface area contributed by atoms with E-state index in [-0.39, 0.29) is 11.1 Å². The molecule has 1 rings (SSSR count). The minimum Gasteiger partial charge on any atom is -0.316 e. The van der Waals surface area contributed by atoms with E-state index >= 15 is 0 Å². The second-order valence-electron chi connectivity index (χ2n) is 4.09. The van der Waals surface area contributed by atoms with Crippen LogP contribution < -0.4 is 10.0 Å². The summed E-state index contributed by atoms with van der Waals surface area (Å²) in [6, 6.07) is -0.0977. The van der Waals surface area contributed by atoms with Crippen molar-refractivity contribution < 1.29 is 8.42 Å². The quantitative estimate of drug-likeness (QED) is 0.695. The molecule has 1 unspecified atom stereocenters. The Morgan fingerprint density at radius 3 is 2.65 bits per heavy atom. The fourth-order valence-electron chi connectivity index (χ4n) is 1.44. The van der Waals surface area contributed by atoms with Gasteiger partial charge in [0.2, 0.25) is 0 Å². The van der Waals surface area contributed by atoms with E-state index < -0.39 is 10.0 Å². The third-order valence-corrected chi connectivity index (χ3v) is 4.17. The Morgan fingerprint density at radius 1 is 1.47 bits per heavy atom. The van der Waals surface area contributed by atoms with E-state index in [0.29, 0.717) is 12.1 Å². The molecule has 0 saturated carbocycles. The highest BCUT2D eigenvalue weighted by atomic mass is 32.2. The van der Waals surface area contributed by atoms with E-state index in [1.54, 1.807) is 7.05 Å². The number of aromatic nitrogens is 2. The van der Waals surface area contributed by atoms with Gasteiger partial charge in [0.05, 0.1) is 0 Å². The highest BCUT2D eigenvalue weighted by Crippen LogP contribution is 2.16. The third kappa shape index (κ3) is 3.27. The van der Waals surface area contributed by atoms with Crippen molar-refractivity contribution in [2.75, 3.05) is 7.05 Å². The van der Waals surface area contributed by atoms with Crippen LogP contribution in [-0.2, 0) is 16.6 Å². The predicted octanol–water partition coefficient (Wildman–Crippen LogP) is 0.514. The first-order chi connectivity index (χ1) is 7.92. The van der Waals surface area contributed by atoms with Gasteiger partial charge >= 0.3 is 0 Å². The van der Waals surface area contributed by atoms with E-state index in [4.69, 9.17) is 0 Å². The average molecular weight is 260 g/mol. The number of aromatic amines is 1. The van der Waals surface area contributed by atoms with Crippen LogP contribution in [0.2, 0.25) is 0 Å². The lowest BCUT2D eigenvalue weighted by Gasteiger charge is -2.11. The van der Waals surface area contributed by atoms with Gasteiger partial charge in [0.25, 0.3) is 10.0 Å². The molecule has 0 radical (unpaired) electrons. The zero-order valence-corrected chi connectivity index (χ0v) is 11.5. The lowest BCUT2D eigenvalue weighted by Crippen LogP contribution is -2.33. The Hall–Kier alpha value is -0.920. The molecule has 0 aromatic carbocycles. The summed E-state index contributed by atoms with van der Waals surface area (Å²) in [6.07, 6.45) is 0.740. The molecule has 1 heterocycles. The van der Waals surface area contributed by atoms with Crippen LogP contribution in [0.1, 0.15) is 31.5 Å². The summed E-state index contributed by atoms with van der Waals surface area (Å²) >= 11 is 0. The molecule has 0 saturated heterocycles. The molecular weight excluding hydrogens is 240 g/mol. The molecule has 0 aliphatic carbocycles. The molecule has 3 N–H and O–H groups in total. The number of rotatable bonds is 6. The molecule has 1 aromatic heterocycles. The van der Waals surface area contributed by atoms with Crippen molar-refractivity contribution in [1.29, 1.82) is 0 Å². The summed E-state index contributed by atoms with van der Waals surface area (Å²) in [6.45, 7) is 6.04. The third-order valence-electron chi connectivity index (χ3n) is 2.61. The smallest absolute Gasteiger partial charge is 0.260 e. The minimum absolute atomic E-state index is 0.0876. The largest absolute Gasteiger partial charge is 0.316 e. The van der Waals surface area contributed by atoms with Crippen LogP contribution in [0.5, 0.6) is 0 Å². The number of hydrogen-bond donors (Lipinski definition) is 3. The highest BCUT2D eigenvalue weighted by Gasteiger charge is 2.24. The van der Waals surface area contributed by atoms with Gasteiger partial charge in [-0.15, -0.1) is 0 Å². The maximum absolute atomic E-state index is 12.1. The number of nitrogens with zero attached hydrogens (tertiary/aromatic N) is 1. The zero-order chi connectivity index (χ0) is 13.1. The molecule has 0 aliphatic rings. The lowest BCUT2D eigenvalue weighted by atomic mass is 10.3. The van der Waals surface area contributed by atoms with Gasteiger partial charge < -0.3 is 5.32 Å². The van der Waals surface area contributed by atoms with E-state index in [9.17, 15) is 8.42 Å². The number of nitrogens with one attached hydrogen (secondary N) is 3. The summed E-state index contributed by atoms with van der Waals surface area (Å²) in [5, 5.41) is 9.61. The lowest BCUT2D eigenvalue weighted by molar-refractivity contribution is 0.550. The predicted molar refractivity (Wildman–Crippen MR) is 66.2 cm³/mol. The molecule has 0 spiro atoms. The Bertz CT molecular complexity index is 467. The van der Waals surface area contributed by atoms with E-state index in [2.05, 4.69) is 20.2 Å². The van der Waals surface area contributed by atoms with Crippen LogP contribution in [0.25, 0.3) is 0 Å². The van der Waals surface area contributed by atoms with Gasteiger partial charge in [0.1, 0.15) is 0 Å². The standard InChI is InChI=1S/C10H20N4O2S/c1-5-7(2)14-17(15,16)10-9(6-11-4)8(3)12-13-10/h7,11,14H,5-6H2,1-4H3,(H,12,13). The van der Waals surface area contributed by atoms with Crippen molar-refractivity contribution in [1.82, 2.24) is 20.2 Å². The van der Waals surface area contributed by atoms with E-state index in [0.717, 1.165) is 12.1 Å². The Balaban J connectivity index is 3.06. The molecule has 1 atom stereocenters. The maximum Gasteiger partial charge on any atom is 0.260 e. The average Bonchev–Trinajstić information content (AvgIpc) is 2.61. The summed E-state index contributed by atoms with van der Waals surface area (Å²) in [5.74, 6) is 0. The number of hydrogen-bond acceptors (Lipinski definition) is 4. The summed E-state index contributed by atoms with van der Waals surface area (Å²) in [7, 11) is -1.77. The molecule has 6 nitrogen and oxygen atoms in total. The highest BCUT2D eigenvalue weighted by molar-refractivity contribution is 7.89. The van der Waals surface area contributed by atoms with Crippen molar-refractivity contribution in [2.24, 2.45) is 0 Å². The molecule has 0 aliphatic heterocycles. The van der Waals surface area contributed by atoms with Gasteiger partial charge in [-0.25, -0.2) is 13.1 Å². The first kappa shape index (κ1) is 14.1. The molecule has 17 heavy (non-hydrogen) atoms. The normalized spacial score (nSPS) is 13.9. The second-order valence-corrected chi connectivity index (χ2v) is 5.72. The molecule has 98 valence electrons. The zero-order valence-electron chi connectivity index (χ0n) is 10.7. The van der Waals surface area contributed by atoms with Crippen molar-refractivity contribution in [3.8, 4) is 0 Å². The topological polar surface area (TPSA) is 86.9 Å². The molecule has 1 aromatic rings. The van der Waals surface area contributed by atoms with Gasteiger partial charge in [-0.1, -0.05) is 6.92 Å². The van der Waals surface area contributed by atoms with Gasteiger partial charge in [0, 0.05) is 23.8 Å². The monoisotopic (exact) mass is 260 g/mol. The molecule has 0 amide bonds. The van der Waals surface area contributed by atoms with Crippen molar-refractivity contribution in [3.05, 3.63) is 11.3 Å². The van der Waals surface area contributed by atoms with Gasteiger partial charge in [-0.2, -0.15) is 5.10 Å². The second kappa shape index (κ2) is 5.61. The van der Waals surface area contributed by atoms with Crippen LogP contribution in [0.15, 0.2) is 5.03 Å². The minimum atomic E-state index is -3.54. The van der Waals surface area contributed by atoms with Crippen LogP contribution >= 0.6 is 0 Å². The molecular formula is C10H20N4O2S. The Morgan fingerprint density at radius 2 is 2.12 bits per heavy atom. The van der Waals surface area contributed by atoms with Crippen LogP contribution in [0.4, 0.5) is 0 Å². The van der Waals surface area contributed by atoms with Gasteiger partial charge in [0.15, 0.2) is 5.03 Å². The van der Waals surface area contributed by atoms with Crippen LogP contribution in [0.3, 0.4) is 0 Å². The fourth-order valence-corrected chi connectivity index (χ4v) is 2.96. The van der Waals surface area contributed by atoms with Gasteiger partial charge in [-0.05, 0) is 27.3 Å². The maximum atomic E-state index is 12.1. The number of aryl methyl sites for hydroxylation is 1. The first-order valence-electron chi connectivity index (χ1n) is 5.63. The van der Waals surface area contributed by atoms with Crippen LogP contribution in [-0.4, -0.2) is 31.7 Å². The number of sulfonamides is 1. The van der Waals surface area contributed by atoms with Crippen molar-refractivity contribution in [3.63, 3.8) is 0 Å². The SMILES string of the molecule is CCC(C)NS(=O)(=O)c1n[nH]c(C)c1CNC. The summed E-state index contributed by atoms with van der Waals surface area (Å²) in [5.41, 5.74) is 1.45. The van der Waals surface area contributed by atoms with Gasteiger partial charge in [-0.3, -0.25) is 5.10 Å². The molecule has 7 heteroatoms. The summed E-state index contributed by atoms with van der Waals surface area (Å²) < 4.78 is 26.8. The first-order valence-corrected chi connectivity index (χ1v) is 7.11. The van der Waals surface area contributed by atoms with Crippen LogP contribution in [0, 0.1) is 6.92 Å². The summed E-state index contributed by atoms with van der Waals surface area (Å²) in [4.78, 5) is 0. The molecule has 0 fully saturated rings. The van der Waals surface area contributed by atoms with Crippen molar-refractivity contribution in [2.45, 2.75) is 44.8 Å². The Kier molecular flexibility index (Phi) is 4.67. The number of H-pyrrole nitrogens is 1. The van der Waals surface area contributed by atoms with Crippen molar-refractivity contribution >= 4 is 10.0 Å². The van der Waals surface area contributed by atoms with E-state index in [1.807, 2.05) is 20.8 Å².